The first-order valence-electron chi connectivity index (χ1n) is 11.4. The van der Waals surface area contributed by atoms with Crippen molar-refractivity contribution in [1.29, 1.82) is 0 Å². The molecule has 10 nitrogen and oxygen atoms in total. The van der Waals surface area contributed by atoms with E-state index in [1.165, 1.54) is 19.1 Å². The molecule has 0 bridgehead atoms. The third kappa shape index (κ3) is 6.82. The zero-order chi connectivity index (χ0) is 28.0. The smallest absolute Gasteiger partial charge is 0.335 e. The number of hydrogen-bond acceptors (Lipinski definition) is 9. The molecule has 2 N–H and O–H groups in total. The number of aromatic hydroxyl groups is 1. The van der Waals surface area contributed by atoms with Gasteiger partial charge in [0.1, 0.15) is 17.0 Å². The van der Waals surface area contributed by atoms with Crippen LogP contribution in [0.25, 0.3) is 22.0 Å². The van der Waals surface area contributed by atoms with Crippen LogP contribution in [0, 0.1) is 20.8 Å². The number of phenols is 1. The minimum Gasteiger partial charge on any atom is -0.506 e. The molecule has 10 heteroatoms. The highest BCUT2D eigenvalue weighted by molar-refractivity contribution is 5.92. The number of carboxylic acids is 1. The highest BCUT2D eigenvalue weighted by Gasteiger charge is 2.13. The predicted molar refractivity (Wildman–Crippen MR) is 138 cm³/mol. The summed E-state index contributed by atoms with van der Waals surface area (Å²) < 4.78 is 4.43. The molecular weight excluding hydrogens is 490 g/mol. The van der Waals surface area contributed by atoms with Crippen LogP contribution in [0.2, 0.25) is 0 Å². The average Bonchev–Trinajstić information content (AvgIpc) is 2.87. The second kappa shape index (κ2) is 11.8. The van der Waals surface area contributed by atoms with Gasteiger partial charge in [-0.3, -0.25) is 24.4 Å². The molecule has 0 unspecified atom stereocenters. The molecule has 0 radical (unpaired) electrons. The number of esters is 2. The Morgan fingerprint density at radius 3 is 2.13 bits per heavy atom. The van der Waals surface area contributed by atoms with Crippen LogP contribution < -0.4 is 0 Å². The van der Waals surface area contributed by atoms with Gasteiger partial charge in [0.15, 0.2) is 6.29 Å². The monoisotopic (exact) mass is 515 g/mol. The summed E-state index contributed by atoms with van der Waals surface area (Å²) in [6, 6.07) is 13.0. The summed E-state index contributed by atoms with van der Waals surface area (Å²) in [5.41, 5.74) is 5.17. The van der Waals surface area contributed by atoms with Gasteiger partial charge in [0, 0.05) is 12.3 Å². The Balaban J connectivity index is 0.000000223. The van der Waals surface area contributed by atoms with Gasteiger partial charge < -0.3 is 14.9 Å². The van der Waals surface area contributed by atoms with E-state index in [4.69, 9.17) is 5.11 Å². The number of rotatable bonds is 5. The molecule has 2 heterocycles. The number of fused-ring (bicyclic) bond motifs is 1. The normalized spacial score (nSPS) is 10.3. The van der Waals surface area contributed by atoms with Crippen molar-refractivity contribution in [3.8, 4) is 16.9 Å². The SMILES string of the molecule is CC(=O)OC(=O)Cc1nc(C)c(C)nc1C.O=Cc1ccc2cc(-c3ccc(C(=O)O)cc3)cc(O)c2n1. The maximum atomic E-state index is 11.3. The van der Waals surface area contributed by atoms with Crippen molar-refractivity contribution in [1.82, 2.24) is 15.0 Å². The van der Waals surface area contributed by atoms with E-state index < -0.39 is 17.9 Å². The summed E-state index contributed by atoms with van der Waals surface area (Å²) in [5, 5.41) is 19.7. The van der Waals surface area contributed by atoms with E-state index in [1.807, 2.05) is 19.9 Å². The number of benzene rings is 2. The van der Waals surface area contributed by atoms with Crippen LogP contribution in [0.3, 0.4) is 0 Å². The molecule has 4 aromatic rings. The lowest BCUT2D eigenvalue weighted by atomic mass is 10.0. The van der Waals surface area contributed by atoms with E-state index in [1.54, 1.807) is 37.3 Å². The Labute approximate surface area is 218 Å². The molecule has 0 aliphatic rings. The Bertz CT molecular complexity index is 1550. The maximum Gasteiger partial charge on any atom is 0.335 e. The summed E-state index contributed by atoms with van der Waals surface area (Å²) in [7, 11) is 0. The molecule has 4 rings (SSSR count). The number of aromatic nitrogens is 3. The second-order valence-corrected chi connectivity index (χ2v) is 8.37. The van der Waals surface area contributed by atoms with Crippen molar-refractivity contribution in [3.63, 3.8) is 0 Å². The number of carbonyl (C=O) groups excluding carboxylic acids is 3. The lowest BCUT2D eigenvalue weighted by Crippen LogP contribution is -2.14. The van der Waals surface area contributed by atoms with Crippen LogP contribution in [0.15, 0.2) is 48.5 Å². The summed E-state index contributed by atoms with van der Waals surface area (Å²) in [5.74, 6) is -2.23. The molecule has 0 aliphatic carbocycles. The molecule has 0 amide bonds. The van der Waals surface area contributed by atoms with Gasteiger partial charge in [-0.15, -0.1) is 0 Å². The molecule has 38 heavy (non-hydrogen) atoms. The van der Waals surface area contributed by atoms with Crippen LogP contribution in [-0.2, 0) is 20.7 Å². The fourth-order valence-corrected chi connectivity index (χ4v) is 3.53. The zero-order valence-corrected chi connectivity index (χ0v) is 21.2. The number of carboxylic acid groups (broad SMARTS) is 1. The number of aldehydes is 1. The lowest BCUT2D eigenvalue weighted by molar-refractivity contribution is -0.157. The van der Waals surface area contributed by atoms with Crippen molar-refractivity contribution in [3.05, 3.63) is 82.6 Å². The third-order valence-electron chi connectivity index (χ3n) is 5.53. The molecule has 0 saturated carbocycles. The quantitative estimate of drug-likeness (QED) is 0.225. The molecule has 0 fully saturated rings. The Kier molecular flexibility index (Phi) is 8.59. The molecule has 0 aliphatic heterocycles. The van der Waals surface area contributed by atoms with Gasteiger partial charge in [-0.2, -0.15) is 0 Å². The van der Waals surface area contributed by atoms with E-state index >= 15 is 0 Å². The minimum absolute atomic E-state index is 0.0282. The van der Waals surface area contributed by atoms with E-state index in [0.717, 1.165) is 22.5 Å². The van der Waals surface area contributed by atoms with E-state index in [9.17, 15) is 24.3 Å². The molecular formula is C28H25N3O7. The molecule has 0 saturated heterocycles. The first kappa shape index (κ1) is 27.6. The Morgan fingerprint density at radius 2 is 1.53 bits per heavy atom. The second-order valence-electron chi connectivity index (χ2n) is 8.37. The highest BCUT2D eigenvalue weighted by Crippen LogP contribution is 2.31. The number of aromatic carboxylic acids is 1. The molecule has 194 valence electrons. The number of nitrogens with zero attached hydrogens (tertiary/aromatic N) is 3. The molecule has 2 aromatic heterocycles. The van der Waals surface area contributed by atoms with E-state index in [-0.39, 0.29) is 23.4 Å². The fourth-order valence-electron chi connectivity index (χ4n) is 3.53. The topological polar surface area (TPSA) is 157 Å². The van der Waals surface area contributed by atoms with E-state index in [2.05, 4.69) is 19.7 Å². The summed E-state index contributed by atoms with van der Waals surface area (Å²) in [4.78, 5) is 56.0. The largest absolute Gasteiger partial charge is 0.506 e. The highest BCUT2D eigenvalue weighted by atomic mass is 16.6. The van der Waals surface area contributed by atoms with Crippen LogP contribution in [0.1, 0.15) is 50.5 Å². The summed E-state index contributed by atoms with van der Waals surface area (Å²) >= 11 is 0. The predicted octanol–water partition coefficient (Wildman–Crippen LogP) is 4.15. The summed E-state index contributed by atoms with van der Waals surface area (Å²) in [6.07, 6.45) is 0.594. The number of ether oxygens (including phenoxy) is 1. The third-order valence-corrected chi connectivity index (χ3v) is 5.53. The van der Waals surface area contributed by atoms with Crippen LogP contribution in [-0.4, -0.2) is 49.4 Å². The standard InChI is InChI=1S/C17H11NO4.C11H14N2O3/c19-9-14-6-5-12-7-13(8-15(20)16(12)18-14)10-1-3-11(4-2-10)17(21)22;1-6-7(2)13-10(8(3)12-6)5-11(15)16-9(4)14/h1-9,20H,(H,21,22);5H2,1-4H3. The first-order chi connectivity index (χ1) is 18.0. The van der Waals surface area contributed by atoms with Gasteiger partial charge in [0.2, 0.25) is 0 Å². The maximum absolute atomic E-state index is 11.3. The molecule has 2 aromatic carbocycles. The number of carbonyl (C=O) groups is 4. The van der Waals surface area contributed by atoms with Crippen molar-refractivity contribution in [2.24, 2.45) is 0 Å². The van der Waals surface area contributed by atoms with Crippen molar-refractivity contribution >= 4 is 35.1 Å². The van der Waals surface area contributed by atoms with Crippen LogP contribution in [0.4, 0.5) is 0 Å². The zero-order valence-electron chi connectivity index (χ0n) is 21.2. The van der Waals surface area contributed by atoms with Gasteiger partial charge in [-0.25, -0.2) is 9.78 Å². The van der Waals surface area contributed by atoms with Gasteiger partial charge in [0.25, 0.3) is 0 Å². The van der Waals surface area contributed by atoms with Gasteiger partial charge in [-0.05, 0) is 62.2 Å². The van der Waals surface area contributed by atoms with Gasteiger partial charge in [0.05, 0.1) is 34.8 Å². The minimum atomic E-state index is -0.987. The lowest BCUT2D eigenvalue weighted by Gasteiger charge is -2.07. The summed E-state index contributed by atoms with van der Waals surface area (Å²) in [6.45, 7) is 6.64. The Hall–Kier alpha value is -4.99. The van der Waals surface area contributed by atoms with Crippen LogP contribution in [0.5, 0.6) is 5.75 Å². The fraction of sp³-hybridized carbons (Fsp3) is 0.179. The number of aryl methyl sites for hydroxylation is 3. The average molecular weight is 516 g/mol. The first-order valence-corrected chi connectivity index (χ1v) is 11.4. The van der Waals surface area contributed by atoms with Gasteiger partial charge >= 0.3 is 17.9 Å². The van der Waals surface area contributed by atoms with Crippen molar-refractivity contribution in [2.75, 3.05) is 0 Å². The number of hydrogen-bond donors (Lipinski definition) is 2. The molecule has 0 spiro atoms. The Morgan fingerprint density at radius 1 is 0.868 bits per heavy atom. The molecule has 0 atom stereocenters. The van der Waals surface area contributed by atoms with Crippen molar-refractivity contribution < 1.29 is 34.1 Å². The number of pyridine rings is 1. The van der Waals surface area contributed by atoms with Crippen LogP contribution >= 0.6 is 0 Å². The number of phenolic OH excluding ortho intramolecular Hbond substituents is 1. The van der Waals surface area contributed by atoms with Crippen molar-refractivity contribution in [2.45, 2.75) is 34.1 Å². The van der Waals surface area contributed by atoms with E-state index in [0.29, 0.717) is 28.6 Å². The van der Waals surface area contributed by atoms with Gasteiger partial charge in [-0.1, -0.05) is 18.2 Å².